The third kappa shape index (κ3) is 7.00. The maximum absolute atomic E-state index is 12.1. The fraction of sp³-hybridized carbons (Fsp3) is 0.708. The predicted octanol–water partition coefficient (Wildman–Crippen LogP) is 5.61. The number of hydrogen-bond acceptors (Lipinski definition) is 5. The summed E-state index contributed by atoms with van der Waals surface area (Å²) < 4.78 is 22.7. The van der Waals surface area contributed by atoms with Crippen LogP contribution in [0.5, 0.6) is 5.75 Å². The minimum absolute atomic E-state index is 0.0224. The minimum atomic E-state index is -0.192. The van der Waals surface area contributed by atoms with Gasteiger partial charge in [0.1, 0.15) is 19.0 Å². The Balaban J connectivity index is 3.14. The summed E-state index contributed by atoms with van der Waals surface area (Å²) in [5, 5.41) is 0. The number of methoxy groups -OCH3 is 2. The average Bonchev–Trinajstić information content (AvgIpc) is 2.67. The maximum Gasteiger partial charge on any atom is 0.309 e. The summed E-state index contributed by atoms with van der Waals surface area (Å²) in [6, 6.07) is 4.28. The van der Waals surface area contributed by atoms with Crippen LogP contribution in [0, 0.1) is 11.8 Å². The molecule has 0 bridgehead atoms. The molecule has 0 aromatic heterocycles. The number of rotatable bonds is 10. The Morgan fingerprint density at radius 2 is 1.38 bits per heavy atom. The third-order valence-corrected chi connectivity index (χ3v) is 5.54. The molecule has 0 heterocycles. The van der Waals surface area contributed by atoms with Crippen LogP contribution in [0.15, 0.2) is 12.1 Å². The molecule has 0 saturated carbocycles. The van der Waals surface area contributed by atoms with Gasteiger partial charge in [-0.15, -0.1) is 0 Å². The van der Waals surface area contributed by atoms with Crippen molar-refractivity contribution in [3.05, 3.63) is 28.8 Å². The summed E-state index contributed by atoms with van der Waals surface area (Å²) in [4.78, 5) is 12.1. The van der Waals surface area contributed by atoms with Crippen molar-refractivity contribution in [3.8, 4) is 5.75 Å². The van der Waals surface area contributed by atoms with Crippen LogP contribution >= 0.6 is 0 Å². The largest absolute Gasteiger partial charge is 0.489 e. The lowest BCUT2D eigenvalue weighted by molar-refractivity contribution is -0.150. The Kier molecular flexibility index (Phi) is 9.63. The van der Waals surface area contributed by atoms with Gasteiger partial charge in [-0.05, 0) is 42.9 Å². The molecule has 0 radical (unpaired) electrons. The molecule has 1 aromatic carbocycles. The van der Waals surface area contributed by atoms with Gasteiger partial charge in [-0.1, -0.05) is 41.5 Å². The van der Waals surface area contributed by atoms with Crippen molar-refractivity contribution < 1.29 is 23.7 Å². The van der Waals surface area contributed by atoms with Crippen LogP contribution in [0.2, 0.25) is 0 Å². The Morgan fingerprint density at radius 3 is 1.76 bits per heavy atom. The monoisotopic (exact) mass is 408 g/mol. The molecule has 5 nitrogen and oxygen atoms in total. The van der Waals surface area contributed by atoms with Crippen molar-refractivity contribution in [1.82, 2.24) is 0 Å². The van der Waals surface area contributed by atoms with Crippen molar-refractivity contribution in [2.75, 3.05) is 27.4 Å². The van der Waals surface area contributed by atoms with Crippen LogP contribution in [-0.2, 0) is 24.4 Å². The van der Waals surface area contributed by atoms with Gasteiger partial charge in [0.2, 0.25) is 0 Å². The minimum Gasteiger partial charge on any atom is -0.489 e. The van der Waals surface area contributed by atoms with E-state index in [9.17, 15) is 4.79 Å². The molecule has 5 heteroatoms. The van der Waals surface area contributed by atoms with Crippen LogP contribution in [0.4, 0.5) is 0 Å². The Labute approximate surface area is 177 Å². The van der Waals surface area contributed by atoms with Crippen LogP contribution in [-0.4, -0.2) is 33.4 Å². The van der Waals surface area contributed by atoms with Crippen molar-refractivity contribution in [1.29, 1.82) is 0 Å². The van der Waals surface area contributed by atoms with E-state index in [1.807, 2.05) is 34.6 Å². The average molecular weight is 409 g/mol. The van der Waals surface area contributed by atoms with Gasteiger partial charge in [-0.3, -0.25) is 4.79 Å². The zero-order valence-electron chi connectivity index (χ0n) is 19.9. The van der Waals surface area contributed by atoms with Gasteiger partial charge in [-0.25, -0.2) is 0 Å². The van der Waals surface area contributed by atoms with Crippen LogP contribution in [0.3, 0.4) is 0 Å². The van der Waals surface area contributed by atoms with Crippen LogP contribution in [0.1, 0.15) is 84.3 Å². The van der Waals surface area contributed by atoms with E-state index in [2.05, 4.69) is 32.9 Å². The maximum atomic E-state index is 12.1. The van der Waals surface area contributed by atoms with E-state index in [1.54, 1.807) is 14.2 Å². The fourth-order valence-corrected chi connectivity index (χ4v) is 2.82. The molecule has 0 amide bonds. The normalized spacial score (nSPS) is 15.1. The molecule has 0 N–H and O–H groups in total. The highest BCUT2D eigenvalue weighted by molar-refractivity contribution is 5.72. The van der Waals surface area contributed by atoms with Gasteiger partial charge >= 0.3 is 5.97 Å². The fourth-order valence-electron chi connectivity index (χ4n) is 2.82. The molecule has 0 aliphatic carbocycles. The second-order valence-corrected chi connectivity index (χ2v) is 9.04. The molecule has 0 spiro atoms. The van der Waals surface area contributed by atoms with Gasteiger partial charge in [-0.2, -0.15) is 0 Å². The third-order valence-electron chi connectivity index (χ3n) is 5.54. The van der Waals surface area contributed by atoms with Crippen molar-refractivity contribution >= 4 is 5.97 Å². The lowest BCUT2D eigenvalue weighted by Crippen LogP contribution is -2.22. The Hall–Kier alpha value is -1.59. The summed E-state index contributed by atoms with van der Waals surface area (Å²) in [6.45, 7) is 16.9. The SMILES string of the molecule is COC(C)c1cc(C(C)(C)C)cc(C(C)OC)c1OCCOC(=O)C(C)C(C)C. The Bertz CT molecular complexity index is 629. The molecule has 3 atom stereocenters. The van der Waals surface area contributed by atoms with Crippen LogP contribution in [0.25, 0.3) is 0 Å². The first-order chi connectivity index (χ1) is 13.4. The van der Waals surface area contributed by atoms with Gasteiger partial charge in [0.15, 0.2) is 0 Å². The van der Waals surface area contributed by atoms with E-state index in [0.29, 0.717) is 0 Å². The van der Waals surface area contributed by atoms with E-state index in [-0.39, 0.29) is 48.6 Å². The van der Waals surface area contributed by atoms with Gasteiger partial charge in [0.25, 0.3) is 0 Å². The summed E-state index contributed by atoms with van der Waals surface area (Å²) in [5.74, 6) is 0.670. The molecule has 3 unspecified atom stereocenters. The zero-order valence-corrected chi connectivity index (χ0v) is 19.9. The summed E-state index contributed by atoms with van der Waals surface area (Å²) in [6.07, 6.45) is -0.280. The van der Waals surface area contributed by atoms with Crippen molar-refractivity contribution in [3.63, 3.8) is 0 Å². The Morgan fingerprint density at radius 1 is 0.897 bits per heavy atom. The molecule has 0 saturated heterocycles. The standard InChI is InChI=1S/C24H40O5/c1-15(2)16(3)23(25)29-12-11-28-22-20(17(4)26-9)13-19(24(6,7)8)14-21(22)18(5)27-10/h13-18H,11-12H2,1-10H3. The number of ether oxygens (including phenoxy) is 4. The summed E-state index contributed by atoms with van der Waals surface area (Å²) >= 11 is 0. The van der Waals surface area contributed by atoms with E-state index in [4.69, 9.17) is 18.9 Å². The summed E-state index contributed by atoms with van der Waals surface area (Å²) in [5.41, 5.74) is 3.12. The highest BCUT2D eigenvalue weighted by Gasteiger charge is 2.25. The quantitative estimate of drug-likeness (QED) is 0.372. The van der Waals surface area contributed by atoms with Gasteiger partial charge in [0.05, 0.1) is 18.1 Å². The second kappa shape index (κ2) is 11.0. The molecular formula is C24H40O5. The molecule has 1 rings (SSSR count). The molecule has 0 fully saturated rings. The lowest BCUT2D eigenvalue weighted by Gasteiger charge is -2.27. The first kappa shape index (κ1) is 25.4. The first-order valence-corrected chi connectivity index (χ1v) is 10.5. The van der Waals surface area contributed by atoms with E-state index in [1.165, 1.54) is 5.56 Å². The number of hydrogen-bond donors (Lipinski definition) is 0. The van der Waals surface area contributed by atoms with E-state index < -0.39 is 0 Å². The zero-order chi connectivity index (χ0) is 22.4. The molecule has 29 heavy (non-hydrogen) atoms. The molecule has 0 aliphatic rings. The molecule has 166 valence electrons. The lowest BCUT2D eigenvalue weighted by atomic mass is 9.83. The van der Waals surface area contributed by atoms with Crippen LogP contribution < -0.4 is 4.74 Å². The van der Waals surface area contributed by atoms with Crippen molar-refractivity contribution in [2.45, 2.75) is 73.0 Å². The highest BCUT2D eigenvalue weighted by Crippen LogP contribution is 2.39. The summed E-state index contributed by atoms with van der Waals surface area (Å²) in [7, 11) is 3.37. The molecular weight excluding hydrogens is 368 g/mol. The second-order valence-electron chi connectivity index (χ2n) is 9.04. The smallest absolute Gasteiger partial charge is 0.309 e. The van der Waals surface area contributed by atoms with E-state index >= 15 is 0 Å². The number of esters is 1. The number of carbonyl (C=O) groups is 1. The van der Waals surface area contributed by atoms with E-state index in [0.717, 1.165) is 16.9 Å². The van der Waals surface area contributed by atoms with Gasteiger partial charge in [0, 0.05) is 25.3 Å². The molecule has 1 aromatic rings. The first-order valence-electron chi connectivity index (χ1n) is 10.5. The van der Waals surface area contributed by atoms with Crippen molar-refractivity contribution in [2.24, 2.45) is 11.8 Å². The topological polar surface area (TPSA) is 54.0 Å². The number of carbonyl (C=O) groups excluding carboxylic acids is 1. The molecule has 0 aliphatic heterocycles. The van der Waals surface area contributed by atoms with Gasteiger partial charge < -0.3 is 18.9 Å². The highest BCUT2D eigenvalue weighted by atomic mass is 16.6. The number of benzene rings is 1. The predicted molar refractivity (Wildman–Crippen MR) is 116 cm³/mol.